The van der Waals surface area contributed by atoms with Gasteiger partial charge in [-0.1, -0.05) is 23.5 Å². The molecule has 9 heteroatoms. The Hall–Kier alpha value is -1.81. The fraction of sp³-hybridized carbons (Fsp3) is 0.471. The van der Waals surface area contributed by atoms with Crippen molar-refractivity contribution >= 4 is 40.3 Å². The molecule has 3 rings (SSSR count). The molecule has 0 aliphatic carbocycles. The number of benzene rings is 1. The van der Waals surface area contributed by atoms with Crippen LogP contribution in [0.1, 0.15) is 17.5 Å². The van der Waals surface area contributed by atoms with Crippen LogP contribution in [0.2, 0.25) is 0 Å². The first kappa shape index (κ1) is 19.0. The quantitative estimate of drug-likeness (QED) is 0.596. The summed E-state index contributed by atoms with van der Waals surface area (Å²) in [5.41, 5.74) is 3.35. The summed E-state index contributed by atoms with van der Waals surface area (Å²) in [5, 5.41) is 18.4. The lowest BCUT2D eigenvalue weighted by molar-refractivity contribution is -0.146. The van der Waals surface area contributed by atoms with Crippen molar-refractivity contribution in [2.24, 2.45) is 0 Å². The van der Waals surface area contributed by atoms with Crippen LogP contribution in [-0.2, 0) is 16.2 Å². The maximum absolute atomic E-state index is 11.9. The number of aryl methyl sites for hydroxylation is 1. The number of carbonyl (C=O) groups is 1. The molecule has 140 valence electrons. The molecular weight excluding hydrogens is 372 g/mol. The molecule has 1 saturated heterocycles. The van der Waals surface area contributed by atoms with E-state index in [-0.39, 0.29) is 5.97 Å². The number of ether oxygens (including phenoxy) is 1. The average Bonchev–Trinajstić information content (AvgIpc) is 3.14. The number of esters is 1. The fourth-order valence-corrected chi connectivity index (χ4v) is 4.04. The zero-order valence-electron chi connectivity index (χ0n) is 14.9. The van der Waals surface area contributed by atoms with Crippen LogP contribution in [0.5, 0.6) is 0 Å². The van der Waals surface area contributed by atoms with Gasteiger partial charge in [0.15, 0.2) is 3.95 Å². The molecule has 0 saturated carbocycles. The topological polar surface area (TPSA) is 79.6 Å². The molecule has 1 fully saturated rings. The van der Waals surface area contributed by atoms with Gasteiger partial charge in [0, 0.05) is 18.7 Å². The van der Waals surface area contributed by atoms with Gasteiger partial charge >= 0.3 is 5.97 Å². The number of aliphatic hydroxyl groups is 1. The van der Waals surface area contributed by atoms with Crippen molar-refractivity contribution in [1.82, 2.24) is 14.7 Å². The number of nitrogens with one attached hydrogen (secondary N) is 1. The Morgan fingerprint density at radius 3 is 3.00 bits per heavy atom. The van der Waals surface area contributed by atoms with E-state index in [1.807, 2.05) is 17.0 Å². The van der Waals surface area contributed by atoms with Gasteiger partial charge < -0.3 is 15.2 Å². The van der Waals surface area contributed by atoms with E-state index in [0.29, 0.717) is 28.7 Å². The largest absolute Gasteiger partial charge is 0.468 e. The molecule has 0 unspecified atom stereocenters. The number of β-amino-alcohol motifs (C(OH)–C–C–N with tert-alkyl or cyclic N) is 1. The Balaban J connectivity index is 1.77. The highest BCUT2D eigenvalue weighted by Gasteiger charge is 2.37. The van der Waals surface area contributed by atoms with Crippen molar-refractivity contribution in [2.45, 2.75) is 39.1 Å². The van der Waals surface area contributed by atoms with Crippen molar-refractivity contribution in [3.63, 3.8) is 0 Å². The van der Waals surface area contributed by atoms with E-state index in [1.165, 1.54) is 24.0 Å². The Labute approximate surface area is 161 Å². The average molecular weight is 395 g/mol. The molecule has 2 aromatic rings. The van der Waals surface area contributed by atoms with Gasteiger partial charge in [0.2, 0.25) is 5.13 Å². The molecule has 7 nitrogen and oxygen atoms in total. The molecular formula is C17H22N4O3S2. The molecule has 1 aliphatic heterocycles. The highest BCUT2D eigenvalue weighted by atomic mass is 32.1. The van der Waals surface area contributed by atoms with Gasteiger partial charge in [-0.05, 0) is 43.3 Å². The van der Waals surface area contributed by atoms with Crippen LogP contribution < -0.4 is 5.32 Å². The molecule has 26 heavy (non-hydrogen) atoms. The summed E-state index contributed by atoms with van der Waals surface area (Å²) < 4.78 is 7.10. The van der Waals surface area contributed by atoms with Crippen molar-refractivity contribution in [1.29, 1.82) is 0 Å². The minimum Gasteiger partial charge on any atom is -0.468 e. The number of nitrogens with zero attached hydrogens (tertiary/aromatic N) is 3. The third-order valence-electron chi connectivity index (χ3n) is 4.62. The van der Waals surface area contributed by atoms with Gasteiger partial charge in [-0.2, -0.15) is 0 Å². The maximum atomic E-state index is 11.9. The predicted molar refractivity (Wildman–Crippen MR) is 103 cm³/mol. The molecule has 2 atom stereocenters. The maximum Gasteiger partial charge on any atom is 0.323 e. The van der Waals surface area contributed by atoms with Crippen LogP contribution in [0.3, 0.4) is 0 Å². The number of hydrogen-bond donors (Lipinski definition) is 2. The van der Waals surface area contributed by atoms with Gasteiger partial charge in [-0.15, -0.1) is 5.10 Å². The number of rotatable bonds is 5. The number of aliphatic hydroxyl groups excluding tert-OH is 1. The molecule has 1 aliphatic rings. The number of aromatic nitrogens is 2. The number of methoxy groups -OCH3 is 1. The van der Waals surface area contributed by atoms with E-state index >= 15 is 0 Å². The SMILES string of the molecule is COC(=O)[C@@H]1C[C@@H](O)CN1Cn1nc(Nc2cccc(C)c2C)sc1=S. The second-order valence-electron chi connectivity index (χ2n) is 6.39. The fourth-order valence-electron chi connectivity index (χ4n) is 3.04. The third-order valence-corrected chi connectivity index (χ3v) is 5.85. The lowest BCUT2D eigenvalue weighted by Crippen LogP contribution is -2.38. The first-order chi connectivity index (χ1) is 12.4. The monoisotopic (exact) mass is 394 g/mol. The van der Waals surface area contributed by atoms with E-state index in [4.69, 9.17) is 17.0 Å². The lowest BCUT2D eigenvalue weighted by Gasteiger charge is -2.21. The van der Waals surface area contributed by atoms with Crippen LogP contribution >= 0.6 is 23.6 Å². The second kappa shape index (κ2) is 7.83. The summed E-state index contributed by atoms with van der Waals surface area (Å²) in [6, 6.07) is 5.58. The summed E-state index contributed by atoms with van der Waals surface area (Å²) in [6.45, 7) is 4.84. The summed E-state index contributed by atoms with van der Waals surface area (Å²) in [4.78, 5) is 13.8. The first-order valence-corrected chi connectivity index (χ1v) is 9.52. The second-order valence-corrected chi connectivity index (χ2v) is 8.01. The molecule has 2 N–H and O–H groups in total. The van der Waals surface area contributed by atoms with Gasteiger partial charge in [-0.3, -0.25) is 9.69 Å². The van der Waals surface area contributed by atoms with Gasteiger partial charge in [0.1, 0.15) is 6.04 Å². The third kappa shape index (κ3) is 3.96. The van der Waals surface area contributed by atoms with E-state index in [2.05, 4.69) is 30.3 Å². The van der Waals surface area contributed by atoms with Gasteiger partial charge in [0.05, 0.1) is 19.9 Å². The van der Waals surface area contributed by atoms with Crippen molar-refractivity contribution in [3.05, 3.63) is 33.3 Å². The van der Waals surface area contributed by atoms with Gasteiger partial charge in [0.25, 0.3) is 0 Å². The van der Waals surface area contributed by atoms with Crippen LogP contribution in [0.4, 0.5) is 10.8 Å². The highest BCUT2D eigenvalue weighted by Crippen LogP contribution is 2.26. The first-order valence-electron chi connectivity index (χ1n) is 8.30. The number of anilines is 2. The molecule has 0 radical (unpaired) electrons. The summed E-state index contributed by atoms with van der Waals surface area (Å²) in [7, 11) is 1.35. The van der Waals surface area contributed by atoms with Crippen molar-refractivity contribution in [2.75, 3.05) is 19.0 Å². The minimum atomic E-state index is -0.556. The van der Waals surface area contributed by atoms with Gasteiger partial charge in [-0.25, -0.2) is 4.68 Å². The molecule has 1 aromatic heterocycles. The molecule has 0 bridgehead atoms. The normalized spacial score (nSPS) is 20.3. The summed E-state index contributed by atoms with van der Waals surface area (Å²) >= 11 is 6.79. The van der Waals surface area contributed by atoms with E-state index < -0.39 is 12.1 Å². The molecule has 0 amide bonds. The Morgan fingerprint density at radius 2 is 2.27 bits per heavy atom. The van der Waals surface area contributed by atoms with E-state index in [9.17, 15) is 9.90 Å². The predicted octanol–water partition coefficient (Wildman–Crippen LogP) is 2.60. The zero-order chi connectivity index (χ0) is 18.8. The number of hydrogen-bond acceptors (Lipinski definition) is 8. The van der Waals surface area contributed by atoms with Crippen molar-refractivity contribution in [3.8, 4) is 0 Å². The van der Waals surface area contributed by atoms with Crippen LogP contribution in [0, 0.1) is 17.8 Å². The van der Waals surface area contributed by atoms with E-state index in [0.717, 1.165) is 11.3 Å². The number of carbonyl (C=O) groups excluding carboxylic acids is 1. The molecule has 2 heterocycles. The summed E-state index contributed by atoms with van der Waals surface area (Å²) in [6.07, 6.45) is -0.197. The Morgan fingerprint density at radius 1 is 1.50 bits per heavy atom. The Kier molecular flexibility index (Phi) is 5.71. The van der Waals surface area contributed by atoms with Crippen molar-refractivity contribution < 1.29 is 14.6 Å². The van der Waals surface area contributed by atoms with Crippen LogP contribution in [-0.4, -0.2) is 51.6 Å². The lowest BCUT2D eigenvalue weighted by atomic mass is 10.1. The van der Waals surface area contributed by atoms with Crippen LogP contribution in [0.15, 0.2) is 18.2 Å². The number of likely N-dealkylation sites (tertiary alicyclic amines) is 1. The Bertz CT molecular complexity index is 864. The molecule has 0 spiro atoms. The standard InChI is InChI=1S/C17H22N4O3S2/c1-10-5-4-6-13(11(10)2)18-16-19-21(17(25)26-16)9-20-8-12(22)7-14(20)15(23)24-3/h4-6,12,14,22H,7-9H2,1-3H3,(H,18,19)/t12-,14+/m1/s1. The zero-order valence-corrected chi connectivity index (χ0v) is 16.6. The molecule has 1 aromatic carbocycles. The summed E-state index contributed by atoms with van der Waals surface area (Å²) in [5.74, 6) is -0.350. The van der Waals surface area contributed by atoms with Crippen LogP contribution in [0.25, 0.3) is 0 Å². The minimum absolute atomic E-state index is 0.334. The smallest absolute Gasteiger partial charge is 0.323 e. The van der Waals surface area contributed by atoms with E-state index in [1.54, 1.807) is 4.68 Å². The highest BCUT2D eigenvalue weighted by molar-refractivity contribution is 7.73.